The molecule has 1 fully saturated rings. The summed E-state index contributed by atoms with van der Waals surface area (Å²) in [5, 5.41) is 0. The fourth-order valence-corrected chi connectivity index (χ4v) is 9.19. The number of fused-ring (bicyclic) bond motifs is 4. The Balaban J connectivity index is 1.45. The van der Waals surface area contributed by atoms with E-state index >= 15 is 0 Å². The van der Waals surface area contributed by atoms with Gasteiger partial charge in [0.1, 0.15) is 4.32 Å². The van der Waals surface area contributed by atoms with E-state index in [1.165, 1.54) is 54.4 Å². The summed E-state index contributed by atoms with van der Waals surface area (Å²) in [7, 11) is 6.94. The lowest BCUT2D eigenvalue weighted by Gasteiger charge is -2.49. The molecule has 0 bridgehead atoms. The Bertz CT molecular complexity index is 1290. The molecule has 242 valence electrons. The van der Waals surface area contributed by atoms with Crippen LogP contribution in [0.4, 0.5) is 0 Å². The molecule has 0 aromatic heterocycles. The fraction of sp³-hybridized carbons (Fsp3) is 0.639. The maximum Gasteiger partial charge on any atom is 0.161 e. The van der Waals surface area contributed by atoms with Crippen LogP contribution >= 0.6 is 24.0 Å². The number of methoxy groups -OCH3 is 4. The molecular weight excluding hydrogens is 589 g/mol. The number of nitrogens with zero attached hydrogens (tertiary/aromatic N) is 2. The largest absolute Gasteiger partial charge is 0.493 e. The molecule has 0 N–H and O–H groups in total. The molecule has 0 aliphatic carbocycles. The molecule has 1 saturated heterocycles. The van der Waals surface area contributed by atoms with Crippen LogP contribution < -0.4 is 18.9 Å². The Kier molecular flexibility index (Phi) is 11.6. The first-order chi connectivity index (χ1) is 21.5. The molecule has 2 aromatic carbocycles. The van der Waals surface area contributed by atoms with Crippen molar-refractivity contribution in [3.8, 4) is 23.0 Å². The Morgan fingerprint density at radius 2 is 1.41 bits per heavy atom. The molecule has 4 atom stereocenters. The van der Waals surface area contributed by atoms with Gasteiger partial charge in [-0.15, -0.1) is 0 Å². The molecule has 44 heavy (non-hydrogen) atoms. The second kappa shape index (κ2) is 15.4. The van der Waals surface area contributed by atoms with E-state index in [9.17, 15) is 0 Å². The predicted molar refractivity (Wildman–Crippen MR) is 186 cm³/mol. The maximum atomic E-state index is 6.19. The molecule has 0 spiro atoms. The minimum absolute atomic E-state index is 0.230. The summed E-state index contributed by atoms with van der Waals surface area (Å²) >= 11 is 8.07. The van der Waals surface area contributed by atoms with E-state index in [-0.39, 0.29) is 6.04 Å². The van der Waals surface area contributed by atoms with Gasteiger partial charge in [0.05, 0.1) is 34.5 Å². The number of thioether (sulfide) groups is 1. The van der Waals surface area contributed by atoms with Crippen molar-refractivity contribution in [3.05, 3.63) is 46.5 Å². The van der Waals surface area contributed by atoms with Crippen molar-refractivity contribution in [3.63, 3.8) is 0 Å². The maximum absolute atomic E-state index is 6.19. The lowest BCUT2D eigenvalue weighted by Crippen LogP contribution is -2.47. The summed E-state index contributed by atoms with van der Waals surface area (Å²) in [4.78, 5) is 5.28. The molecule has 0 amide bonds. The average molecular weight is 641 g/mol. The van der Waals surface area contributed by atoms with Crippen LogP contribution in [0.5, 0.6) is 23.0 Å². The summed E-state index contributed by atoms with van der Waals surface area (Å²) in [5.41, 5.74) is 5.54. The quantitative estimate of drug-likeness (QED) is 0.170. The van der Waals surface area contributed by atoms with Gasteiger partial charge in [0, 0.05) is 31.4 Å². The van der Waals surface area contributed by atoms with Gasteiger partial charge < -0.3 is 23.8 Å². The second-order valence-corrected chi connectivity index (χ2v) is 14.3. The topological polar surface area (TPSA) is 43.4 Å². The van der Waals surface area contributed by atoms with Gasteiger partial charge in [-0.2, -0.15) is 0 Å². The van der Waals surface area contributed by atoms with Crippen molar-refractivity contribution in [1.29, 1.82) is 0 Å². The number of thiocarbonyl (C=S) groups is 1. The Labute approximate surface area is 275 Å². The standard InChI is InChI=1S/C36H52N2O4S2/c1-7-9-10-11-16-44-36(43)38-15-13-26-20-33(40-4)35(42-6)22-29(26)31(38)18-27-17-30-28-21-34(41-5)32(39-3)19-25(28)12-14-37(30)23-24(27)8-2/h19-22,24,27,30-31H,7-18,23H2,1-6H3/t24-,27+,30-,31+/m0/s1. The number of piperidine rings is 1. The number of unbranched alkanes of at least 4 members (excludes halogenated alkanes) is 3. The fourth-order valence-electron chi connectivity index (χ4n) is 7.81. The van der Waals surface area contributed by atoms with Gasteiger partial charge in [-0.25, -0.2) is 0 Å². The van der Waals surface area contributed by atoms with Crippen molar-refractivity contribution in [2.24, 2.45) is 11.8 Å². The first-order valence-electron chi connectivity index (χ1n) is 16.6. The minimum atomic E-state index is 0.230. The average Bonchev–Trinajstić information content (AvgIpc) is 3.06. The van der Waals surface area contributed by atoms with Gasteiger partial charge in [-0.1, -0.05) is 63.5 Å². The van der Waals surface area contributed by atoms with E-state index in [0.717, 1.165) is 78.4 Å². The van der Waals surface area contributed by atoms with Gasteiger partial charge >= 0.3 is 0 Å². The van der Waals surface area contributed by atoms with Crippen LogP contribution in [0.2, 0.25) is 0 Å². The predicted octanol–water partition coefficient (Wildman–Crippen LogP) is 8.25. The molecule has 6 nitrogen and oxygen atoms in total. The third kappa shape index (κ3) is 6.97. The Morgan fingerprint density at radius 3 is 2.05 bits per heavy atom. The highest BCUT2D eigenvalue weighted by atomic mass is 32.2. The van der Waals surface area contributed by atoms with E-state index in [2.05, 4.69) is 47.9 Å². The third-order valence-corrected chi connectivity index (χ3v) is 11.8. The summed E-state index contributed by atoms with van der Waals surface area (Å²) in [6.07, 6.45) is 10.5. The van der Waals surface area contributed by atoms with Gasteiger partial charge in [-0.3, -0.25) is 4.90 Å². The van der Waals surface area contributed by atoms with Crippen molar-refractivity contribution in [2.45, 2.75) is 83.7 Å². The third-order valence-electron chi connectivity index (χ3n) is 10.3. The number of rotatable bonds is 12. The molecule has 0 unspecified atom stereocenters. The zero-order valence-electron chi connectivity index (χ0n) is 27.7. The summed E-state index contributed by atoms with van der Waals surface area (Å²) in [6.45, 7) is 7.84. The molecule has 3 aliphatic rings. The van der Waals surface area contributed by atoms with E-state index in [0.29, 0.717) is 17.9 Å². The van der Waals surface area contributed by atoms with Gasteiger partial charge in [0.2, 0.25) is 0 Å². The monoisotopic (exact) mass is 640 g/mol. The second-order valence-electron chi connectivity index (χ2n) is 12.6. The number of hydrogen-bond donors (Lipinski definition) is 0. The lowest BCUT2D eigenvalue weighted by molar-refractivity contribution is 0.0381. The van der Waals surface area contributed by atoms with E-state index in [4.69, 9.17) is 31.2 Å². The lowest BCUT2D eigenvalue weighted by atomic mass is 9.72. The van der Waals surface area contributed by atoms with Gasteiger partial charge in [0.25, 0.3) is 0 Å². The van der Waals surface area contributed by atoms with Crippen LogP contribution in [0.25, 0.3) is 0 Å². The van der Waals surface area contributed by atoms with Crippen LogP contribution in [0.1, 0.15) is 93.1 Å². The van der Waals surface area contributed by atoms with E-state index < -0.39 is 0 Å². The molecule has 0 radical (unpaired) electrons. The number of ether oxygens (including phenoxy) is 4. The smallest absolute Gasteiger partial charge is 0.161 e. The van der Waals surface area contributed by atoms with E-state index in [1.807, 2.05) is 11.8 Å². The summed E-state index contributed by atoms with van der Waals surface area (Å²) in [6, 6.07) is 9.53. The van der Waals surface area contributed by atoms with Crippen molar-refractivity contribution in [2.75, 3.05) is 53.8 Å². The highest BCUT2D eigenvalue weighted by Crippen LogP contribution is 2.49. The molecular formula is C36H52N2O4S2. The van der Waals surface area contributed by atoms with E-state index in [1.54, 1.807) is 28.4 Å². The summed E-state index contributed by atoms with van der Waals surface area (Å²) < 4.78 is 24.0. The minimum Gasteiger partial charge on any atom is -0.493 e. The van der Waals surface area contributed by atoms with Crippen LogP contribution in [-0.4, -0.2) is 67.9 Å². The Morgan fingerprint density at radius 1 is 0.795 bits per heavy atom. The first kappa shape index (κ1) is 33.2. The van der Waals surface area contributed by atoms with Gasteiger partial charge in [-0.05, 0) is 90.5 Å². The highest BCUT2D eigenvalue weighted by Gasteiger charge is 2.41. The first-order valence-corrected chi connectivity index (χ1v) is 18.0. The zero-order chi connectivity index (χ0) is 31.2. The molecule has 5 rings (SSSR count). The van der Waals surface area contributed by atoms with Crippen molar-refractivity contribution < 1.29 is 18.9 Å². The highest BCUT2D eigenvalue weighted by molar-refractivity contribution is 8.22. The SMILES string of the molecule is CCCCCCSC(=S)N1CCc2cc(OC)c(OC)cc2[C@H]1C[C@H]1C[C@H]2c3cc(OC)c(OC)cc3CCN2C[C@@H]1CC. The number of hydrogen-bond acceptors (Lipinski definition) is 7. The Hall–Kier alpha value is -2.16. The molecule has 0 saturated carbocycles. The van der Waals surface area contributed by atoms with Crippen molar-refractivity contribution in [1.82, 2.24) is 9.80 Å². The summed E-state index contributed by atoms with van der Waals surface area (Å²) in [5.74, 6) is 5.60. The van der Waals surface area contributed by atoms with Crippen molar-refractivity contribution >= 4 is 28.3 Å². The van der Waals surface area contributed by atoms with Gasteiger partial charge in [0.15, 0.2) is 23.0 Å². The van der Waals surface area contributed by atoms with Crippen LogP contribution in [0.15, 0.2) is 24.3 Å². The normalized spacial score (nSPS) is 22.9. The molecule has 3 heterocycles. The van der Waals surface area contributed by atoms with Crippen LogP contribution in [0, 0.1) is 11.8 Å². The molecule has 2 aromatic rings. The molecule has 3 aliphatic heterocycles. The number of benzene rings is 2. The van der Waals surface area contributed by atoms with Crippen LogP contribution in [-0.2, 0) is 12.8 Å². The van der Waals surface area contributed by atoms with Crippen LogP contribution in [0.3, 0.4) is 0 Å². The zero-order valence-corrected chi connectivity index (χ0v) is 29.3. The molecule has 8 heteroatoms.